The van der Waals surface area contributed by atoms with E-state index in [4.69, 9.17) is 9.97 Å². The van der Waals surface area contributed by atoms with E-state index < -0.39 is 0 Å². The Hall–Kier alpha value is -2.20. The monoisotopic (exact) mass is 346 g/mol. The van der Waals surface area contributed by atoms with E-state index in [0.29, 0.717) is 0 Å². The maximum atomic E-state index is 4.94. The zero-order valence-electron chi connectivity index (χ0n) is 15.5. The van der Waals surface area contributed by atoms with Crippen LogP contribution in [0, 0.1) is 0 Å². The van der Waals surface area contributed by atoms with Gasteiger partial charge in [0.15, 0.2) is 5.65 Å². The minimum Gasteiger partial charge on any atom is -0.311 e. The highest BCUT2D eigenvalue weighted by Gasteiger charge is 2.27. The van der Waals surface area contributed by atoms with Gasteiger partial charge < -0.3 is 4.57 Å². The molecule has 0 spiro atoms. The SMILES string of the molecule is CCc1ccc(-c2cnc3c(c2)nc2n3CCN(C3CCC3)CC2)cc1. The summed E-state index contributed by atoms with van der Waals surface area (Å²) in [5, 5.41) is 0. The maximum Gasteiger partial charge on any atom is 0.160 e. The smallest absolute Gasteiger partial charge is 0.160 e. The van der Waals surface area contributed by atoms with E-state index in [2.05, 4.69) is 46.7 Å². The molecular weight excluding hydrogens is 320 g/mol. The van der Waals surface area contributed by atoms with Crippen molar-refractivity contribution < 1.29 is 0 Å². The zero-order chi connectivity index (χ0) is 17.5. The van der Waals surface area contributed by atoms with Crippen LogP contribution in [0.25, 0.3) is 22.3 Å². The Morgan fingerprint density at radius 3 is 2.62 bits per heavy atom. The molecule has 0 bridgehead atoms. The summed E-state index contributed by atoms with van der Waals surface area (Å²) in [6.45, 7) is 5.47. The summed E-state index contributed by atoms with van der Waals surface area (Å²) in [7, 11) is 0. The van der Waals surface area contributed by atoms with Crippen LogP contribution in [0.4, 0.5) is 0 Å². The molecule has 3 aromatic rings. The third-order valence-corrected chi connectivity index (χ3v) is 6.18. The van der Waals surface area contributed by atoms with Crippen LogP contribution in [0.2, 0.25) is 0 Å². The Balaban J connectivity index is 1.44. The molecule has 4 nitrogen and oxygen atoms in total. The van der Waals surface area contributed by atoms with Gasteiger partial charge >= 0.3 is 0 Å². The largest absolute Gasteiger partial charge is 0.311 e. The minimum absolute atomic E-state index is 0.816. The molecule has 4 heteroatoms. The lowest BCUT2D eigenvalue weighted by molar-refractivity contribution is 0.130. The molecule has 5 rings (SSSR count). The van der Waals surface area contributed by atoms with Gasteiger partial charge in [-0.3, -0.25) is 4.90 Å². The molecule has 0 N–H and O–H groups in total. The van der Waals surface area contributed by atoms with Gasteiger partial charge in [-0.05, 0) is 36.5 Å². The Morgan fingerprint density at radius 1 is 1.04 bits per heavy atom. The average Bonchev–Trinajstić information content (AvgIpc) is 2.86. The standard InChI is InChI=1S/C22H26N4/c1-2-16-6-8-17(9-7-16)18-14-20-22(23-15-18)26-13-12-25(19-4-3-5-19)11-10-21(26)24-20/h6-9,14-15,19H,2-5,10-13H2,1H3. The van der Waals surface area contributed by atoms with Gasteiger partial charge in [-0.2, -0.15) is 0 Å². The van der Waals surface area contributed by atoms with Gasteiger partial charge in [0, 0.05) is 43.9 Å². The number of aryl methyl sites for hydroxylation is 1. The van der Waals surface area contributed by atoms with Crippen LogP contribution in [-0.2, 0) is 19.4 Å². The lowest BCUT2D eigenvalue weighted by atomic mass is 9.91. The van der Waals surface area contributed by atoms with Gasteiger partial charge in [0.1, 0.15) is 11.3 Å². The summed E-state index contributed by atoms with van der Waals surface area (Å²) in [4.78, 5) is 12.4. The number of imidazole rings is 1. The van der Waals surface area contributed by atoms with E-state index in [1.165, 1.54) is 36.2 Å². The molecule has 26 heavy (non-hydrogen) atoms. The molecule has 1 fully saturated rings. The Morgan fingerprint density at radius 2 is 1.88 bits per heavy atom. The molecule has 1 aliphatic heterocycles. The van der Waals surface area contributed by atoms with Crippen LogP contribution >= 0.6 is 0 Å². The van der Waals surface area contributed by atoms with Gasteiger partial charge in [0.25, 0.3) is 0 Å². The van der Waals surface area contributed by atoms with E-state index in [0.717, 1.165) is 55.2 Å². The predicted molar refractivity (Wildman–Crippen MR) is 105 cm³/mol. The molecule has 0 atom stereocenters. The summed E-state index contributed by atoms with van der Waals surface area (Å²) in [6, 6.07) is 11.8. The summed E-state index contributed by atoms with van der Waals surface area (Å²) in [5.41, 5.74) is 5.83. The van der Waals surface area contributed by atoms with Crippen molar-refractivity contribution in [1.29, 1.82) is 0 Å². The van der Waals surface area contributed by atoms with Crippen molar-refractivity contribution in [2.45, 2.75) is 51.6 Å². The number of hydrogen-bond donors (Lipinski definition) is 0. The second-order valence-electron chi connectivity index (χ2n) is 7.67. The Labute approximate surface area is 154 Å². The molecular formula is C22H26N4. The predicted octanol–water partition coefficient (Wildman–Crippen LogP) is 4.07. The van der Waals surface area contributed by atoms with E-state index >= 15 is 0 Å². The van der Waals surface area contributed by atoms with Gasteiger partial charge in [-0.15, -0.1) is 0 Å². The summed E-state index contributed by atoms with van der Waals surface area (Å²) >= 11 is 0. The van der Waals surface area contributed by atoms with Gasteiger partial charge in [0.2, 0.25) is 0 Å². The highest BCUT2D eigenvalue weighted by atomic mass is 15.2. The Kier molecular flexibility index (Phi) is 4.01. The fraction of sp³-hybridized carbons (Fsp3) is 0.455. The van der Waals surface area contributed by atoms with Gasteiger partial charge in [-0.25, -0.2) is 9.97 Å². The van der Waals surface area contributed by atoms with Crippen molar-refractivity contribution >= 4 is 11.2 Å². The third kappa shape index (κ3) is 2.73. The molecule has 134 valence electrons. The van der Waals surface area contributed by atoms with E-state index in [9.17, 15) is 0 Å². The normalized spacial score (nSPS) is 18.5. The molecule has 0 saturated heterocycles. The summed E-state index contributed by atoms with van der Waals surface area (Å²) in [6.07, 6.45) is 8.27. The zero-order valence-corrected chi connectivity index (χ0v) is 15.5. The average molecular weight is 346 g/mol. The highest BCUT2D eigenvalue weighted by Crippen LogP contribution is 2.28. The number of benzene rings is 1. The van der Waals surface area contributed by atoms with Crippen LogP contribution in [-0.4, -0.2) is 38.6 Å². The second-order valence-corrected chi connectivity index (χ2v) is 7.67. The first kappa shape index (κ1) is 16.0. The maximum absolute atomic E-state index is 4.94. The lowest BCUT2D eigenvalue weighted by Gasteiger charge is -2.36. The minimum atomic E-state index is 0.816. The molecule has 1 aliphatic carbocycles. The second kappa shape index (κ2) is 6.51. The van der Waals surface area contributed by atoms with Crippen molar-refractivity contribution in [3.63, 3.8) is 0 Å². The first-order valence-electron chi connectivity index (χ1n) is 10.0. The fourth-order valence-corrected chi connectivity index (χ4v) is 4.28. The molecule has 0 amide bonds. The van der Waals surface area contributed by atoms with Crippen LogP contribution < -0.4 is 0 Å². The van der Waals surface area contributed by atoms with Crippen molar-refractivity contribution in [2.24, 2.45) is 0 Å². The molecule has 2 aliphatic rings. The summed E-state index contributed by atoms with van der Waals surface area (Å²) in [5.74, 6) is 1.20. The molecule has 2 aromatic heterocycles. The van der Waals surface area contributed by atoms with Crippen LogP contribution in [0.15, 0.2) is 36.5 Å². The molecule has 1 aromatic carbocycles. The number of rotatable bonds is 3. The molecule has 3 heterocycles. The van der Waals surface area contributed by atoms with Crippen molar-refractivity contribution in [3.05, 3.63) is 47.9 Å². The van der Waals surface area contributed by atoms with Crippen LogP contribution in [0.1, 0.15) is 37.6 Å². The van der Waals surface area contributed by atoms with Crippen LogP contribution in [0.5, 0.6) is 0 Å². The van der Waals surface area contributed by atoms with E-state index in [1.54, 1.807) is 0 Å². The number of fused-ring (bicyclic) bond motifs is 3. The quantitative estimate of drug-likeness (QED) is 0.717. The molecule has 0 radical (unpaired) electrons. The topological polar surface area (TPSA) is 34.0 Å². The first-order chi connectivity index (χ1) is 12.8. The molecule has 1 saturated carbocycles. The lowest BCUT2D eigenvalue weighted by Crippen LogP contribution is -2.41. The number of aromatic nitrogens is 3. The fourth-order valence-electron chi connectivity index (χ4n) is 4.28. The van der Waals surface area contributed by atoms with E-state index in [1.807, 2.05) is 6.20 Å². The van der Waals surface area contributed by atoms with Crippen LogP contribution in [0.3, 0.4) is 0 Å². The van der Waals surface area contributed by atoms with Crippen molar-refractivity contribution in [1.82, 2.24) is 19.4 Å². The third-order valence-electron chi connectivity index (χ3n) is 6.18. The highest BCUT2D eigenvalue weighted by molar-refractivity contribution is 5.78. The van der Waals surface area contributed by atoms with Gasteiger partial charge in [0.05, 0.1) is 0 Å². The van der Waals surface area contributed by atoms with Gasteiger partial charge in [-0.1, -0.05) is 37.6 Å². The molecule has 0 unspecified atom stereocenters. The number of nitrogens with zero attached hydrogens (tertiary/aromatic N) is 4. The van der Waals surface area contributed by atoms with Crippen molar-refractivity contribution in [3.8, 4) is 11.1 Å². The number of hydrogen-bond acceptors (Lipinski definition) is 3. The summed E-state index contributed by atoms with van der Waals surface area (Å²) < 4.78 is 2.35. The number of pyridine rings is 1. The first-order valence-corrected chi connectivity index (χ1v) is 10.0. The van der Waals surface area contributed by atoms with Crippen molar-refractivity contribution in [2.75, 3.05) is 13.1 Å². The van der Waals surface area contributed by atoms with E-state index in [-0.39, 0.29) is 0 Å². The Bertz CT molecular complexity index is 921.